The number of imide groups is 1. The summed E-state index contributed by atoms with van der Waals surface area (Å²) in [6.45, 7) is 7.95. The Kier molecular flexibility index (Phi) is 5.02. The van der Waals surface area contributed by atoms with Crippen molar-refractivity contribution in [1.82, 2.24) is 10.2 Å². The van der Waals surface area contributed by atoms with Gasteiger partial charge in [0.05, 0.1) is 0 Å². The third kappa shape index (κ3) is 3.57. The van der Waals surface area contributed by atoms with E-state index in [-0.39, 0.29) is 29.7 Å². The van der Waals surface area contributed by atoms with E-state index in [1.54, 1.807) is 0 Å². The van der Waals surface area contributed by atoms with Gasteiger partial charge in [-0.2, -0.15) is 0 Å². The zero-order valence-electron chi connectivity index (χ0n) is 16.6. The molecule has 0 bridgehead atoms. The molecule has 27 heavy (non-hydrogen) atoms. The van der Waals surface area contributed by atoms with Gasteiger partial charge in [-0.25, -0.2) is 4.79 Å². The van der Waals surface area contributed by atoms with Crippen molar-refractivity contribution in [2.45, 2.75) is 64.3 Å². The molecule has 1 aromatic carbocycles. The van der Waals surface area contributed by atoms with E-state index in [0.29, 0.717) is 12.1 Å². The Morgan fingerprint density at radius 1 is 1.26 bits per heavy atom. The van der Waals surface area contributed by atoms with Crippen LogP contribution in [0, 0.1) is 5.92 Å². The second-order valence-corrected chi connectivity index (χ2v) is 8.78. The fourth-order valence-electron chi connectivity index (χ4n) is 4.22. The van der Waals surface area contributed by atoms with Crippen molar-refractivity contribution >= 4 is 23.5 Å². The Bertz CT molecular complexity index is 768. The zero-order valence-corrected chi connectivity index (χ0v) is 16.6. The highest BCUT2D eigenvalue weighted by molar-refractivity contribution is 6.10. The molecule has 6 nitrogen and oxygen atoms in total. The standard InChI is InChI=1S/C21H29N3O3/c1-14-9-7-8-12-21(14)18(26)24(19(27)23-21)13-17(25)22-16-11-6-5-10-15(16)20(2,3)4/h5-6,10-11,14H,7-9,12-13H2,1-4H3,(H,22,25)(H,23,27)/t14-,21-/m0/s1. The van der Waals surface area contributed by atoms with Crippen molar-refractivity contribution < 1.29 is 14.4 Å². The second-order valence-electron chi connectivity index (χ2n) is 8.78. The fraction of sp³-hybridized carbons (Fsp3) is 0.571. The maximum Gasteiger partial charge on any atom is 0.325 e. The number of para-hydroxylation sites is 1. The highest BCUT2D eigenvalue weighted by Crippen LogP contribution is 2.38. The predicted molar refractivity (Wildman–Crippen MR) is 104 cm³/mol. The molecular formula is C21H29N3O3. The number of nitrogens with one attached hydrogen (secondary N) is 2. The second kappa shape index (κ2) is 6.98. The van der Waals surface area contributed by atoms with Crippen LogP contribution < -0.4 is 10.6 Å². The number of hydrogen-bond donors (Lipinski definition) is 2. The summed E-state index contributed by atoms with van der Waals surface area (Å²) in [7, 11) is 0. The number of carbonyl (C=O) groups excluding carboxylic acids is 3. The third-order valence-electron chi connectivity index (χ3n) is 5.81. The van der Waals surface area contributed by atoms with E-state index in [2.05, 4.69) is 31.4 Å². The lowest BCUT2D eigenvalue weighted by molar-refractivity contribution is -0.136. The molecule has 1 aliphatic carbocycles. The van der Waals surface area contributed by atoms with Crippen molar-refractivity contribution in [2.75, 3.05) is 11.9 Å². The Morgan fingerprint density at radius 2 is 1.96 bits per heavy atom. The first kappa shape index (κ1) is 19.4. The van der Waals surface area contributed by atoms with Gasteiger partial charge in [-0.15, -0.1) is 0 Å². The van der Waals surface area contributed by atoms with Gasteiger partial charge in [0.1, 0.15) is 12.1 Å². The van der Waals surface area contributed by atoms with Crippen LogP contribution in [-0.2, 0) is 15.0 Å². The van der Waals surface area contributed by atoms with Gasteiger partial charge in [0, 0.05) is 5.69 Å². The van der Waals surface area contributed by atoms with Crippen LogP contribution in [0.1, 0.15) is 58.9 Å². The summed E-state index contributed by atoms with van der Waals surface area (Å²) in [5, 5.41) is 5.76. The van der Waals surface area contributed by atoms with Gasteiger partial charge in [-0.3, -0.25) is 14.5 Å². The summed E-state index contributed by atoms with van der Waals surface area (Å²) < 4.78 is 0. The SMILES string of the molecule is C[C@H]1CCCC[C@]12NC(=O)N(CC(=O)Nc1ccccc1C(C)(C)C)C2=O. The quantitative estimate of drug-likeness (QED) is 0.799. The minimum Gasteiger partial charge on any atom is -0.324 e. The molecule has 0 radical (unpaired) electrons. The van der Waals surface area contributed by atoms with Crippen LogP contribution in [0.2, 0.25) is 0 Å². The largest absolute Gasteiger partial charge is 0.325 e. The van der Waals surface area contributed by atoms with Gasteiger partial charge in [0.15, 0.2) is 0 Å². The molecule has 1 heterocycles. The fourth-order valence-corrected chi connectivity index (χ4v) is 4.22. The molecule has 1 spiro atoms. The van der Waals surface area contributed by atoms with Crippen molar-refractivity contribution in [2.24, 2.45) is 5.92 Å². The highest BCUT2D eigenvalue weighted by atomic mass is 16.2. The predicted octanol–water partition coefficient (Wildman–Crippen LogP) is 3.42. The first-order chi connectivity index (χ1) is 12.6. The monoisotopic (exact) mass is 371 g/mol. The average Bonchev–Trinajstić information content (AvgIpc) is 2.82. The number of carbonyl (C=O) groups is 3. The van der Waals surface area contributed by atoms with Crippen LogP contribution in [-0.4, -0.2) is 34.8 Å². The third-order valence-corrected chi connectivity index (χ3v) is 5.81. The van der Waals surface area contributed by atoms with E-state index in [1.807, 2.05) is 31.2 Å². The average molecular weight is 371 g/mol. The summed E-state index contributed by atoms with van der Waals surface area (Å²) in [6, 6.07) is 7.14. The number of rotatable bonds is 3. The molecule has 1 aliphatic heterocycles. The zero-order chi connectivity index (χ0) is 19.8. The Labute approximate surface area is 160 Å². The molecule has 2 atom stereocenters. The van der Waals surface area contributed by atoms with Crippen LogP contribution in [0.3, 0.4) is 0 Å². The van der Waals surface area contributed by atoms with E-state index in [0.717, 1.165) is 29.7 Å². The van der Waals surface area contributed by atoms with Crippen molar-refractivity contribution in [3.8, 4) is 0 Å². The molecule has 1 aromatic rings. The first-order valence-corrected chi connectivity index (χ1v) is 9.68. The molecule has 6 heteroatoms. The van der Waals surface area contributed by atoms with E-state index in [4.69, 9.17) is 0 Å². The number of hydrogen-bond acceptors (Lipinski definition) is 3. The Hall–Kier alpha value is -2.37. The lowest BCUT2D eigenvalue weighted by atomic mass is 9.73. The van der Waals surface area contributed by atoms with Gasteiger partial charge >= 0.3 is 6.03 Å². The molecule has 2 N–H and O–H groups in total. The lowest BCUT2D eigenvalue weighted by Crippen LogP contribution is -2.54. The van der Waals surface area contributed by atoms with Gasteiger partial charge in [-0.05, 0) is 35.8 Å². The Morgan fingerprint density at radius 3 is 2.63 bits per heavy atom. The van der Waals surface area contributed by atoms with Gasteiger partial charge < -0.3 is 10.6 Å². The molecular weight excluding hydrogens is 342 g/mol. The van der Waals surface area contributed by atoms with Crippen molar-refractivity contribution in [3.05, 3.63) is 29.8 Å². The van der Waals surface area contributed by atoms with E-state index < -0.39 is 11.6 Å². The number of anilines is 1. The number of nitrogens with zero attached hydrogens (tertiary/aromatic N) is 1. The molecule has 146 valence electrons. The molecule has 2 aliphatic rings. The molecule has 3 rings (SSSR count). The van der Waals surface area contributed by atoms with E-state index >= 15 is 0 Å². The molecule has 0 unspecified atom stereocenters. The minimum absolute atomic E-state index is 0.0809. The van der Waals surface area contributed by atoms with Crippen LogP contribution in [0.4, 0.5) is 10.5 Å². The van der Waals surface area contributed by atoms with Gasteiger partial charge in [0.25, 0.3) is 5.91 Å². The number of benzene rings is 1. The van der Waals surface area contributed by atoms with E-state index in [9.17, 15) is 14.4 Å². The molecule has 4 amide bonds. The number of amides is 4. The summed E-state index contributed by atoms with van der Waals surface area (Å²) in [4.78, 5) is 39.1. The molecule has 2 fully saturated rings. The van der Waals surface area contributed by atoms with Crippen LogP contribution in [0.25, 0.3) is 0 Å². The van der Waals surface area contributed by atoms with Crippen molar-refractivity contribution in [1.29, 1.82) is 0 Å². The highest BCUT2D eigenvalue weighted by Gasteiger charge is 2.55. The summed E-state index contributed by atoms with van der Waals surface area (Å²) in [5.41, 5.74) is 0.751. The topological polar surface area (TPSA) is 78.5 Å². The summed E-state index contributed by atoms with van der Waals surface area (Å²) in [6.07, 6.45) is 3.53. The smallest absolute Gasteiger partial charge is 0.324 e. The Balaban J connectivity index is 1.74. The first-order valence-electron chi connectivity index (χ1n) is 9.68. The molecule has 0 aromatic heterocycles. The van der Waals surface area contributed by atoms with Crippen molar-refractivity contribution in [3.63, 3.8) is 0 Å². The summed E-state index contributed by atoms with van der Waals surface area (Å²) >= 11 is 0. The van der Waals surface area contributed by atoms with Crippen LogP contribution in [0.15, 0.2) is 24.3 Å². The molecule has 1 saturated heterocycles. The summed E-state index contributed by atoms with van der Waals surface area (Å²) in [5.74, 6) is -0.549. The maximum absolute atomic E-state index is 13.0. The maximum atomic E-state index is 13.0. The lowest BCUT2D eigenvalue weighted by Gasteiger charge is -2.36. The van der Waals surface area contributed by atoms with Gasteiger partial charge in [-0.1, -0.05) is 58.7 Å². The van der Waals surface area contributed by atoms with Gasteiger partial charge in [0.2, 0.25) is 5.91 Å². The van der Waals surface area contributed by atoms with Crippen LogP contribution >= 0.6 is 0 Å². The van der Waals surface area contributed by atoms with E-state index in [1.165, 1.54) is 0 Å². The normalized spacial score (nSPS) is 25.6. The number of urea groups is 1. The van der Waals surface area contributed by atoms with Crippen LogP contribution in [0.5, 0.6) is 0 Å². The minimum atomic E-state index is -0.834. The molecule has 1 saturated carbocycles.